The van der Waals surface area contributed by atoms with E-state index in [1.807, 2.05) is 11.8 Å². The molecule has 0 atom stereocenters. The standard InChI is InChI=1S/C10H21ClS/c1-2-3-4-5-6-7-9-12-10-8-11/h2-10H2,1H3. The summed E-state index contributed by atoms with van der Waals surface area (Å²) in [4.78, 5) is 0. The van der Waals surface area contributed by atoms with Crippen molar-refractivity contribution in [3.8, 4) is 0 Å². The second-order valence-electron chi connectivity index (χ2n) is 3.07. The molecule has 0 bridgehead atoms. The Morgan fingerprint density at radius 3 is 2.25 bits per heavy atom. The number of hydrogen-bond donors (Lipinski definition) is 0. The van der Waals surface area contributed by atoms with E-state index in [0.29, 0.717) is 0 Å². The lowest BCUT2D eigenvalue weighted by molar-refractivity contribution is 0.627. The second kappa shape index (κ2) is 11.6. The molecule has 0 radical (unpaired) electrons. The van der Waals surface area contributed by atoms with E-state index in [-0.39, 0.29) is 0 Å². The number of thioether (sulfide) groups is 1. The Hall–Kier alpha value is 0.640. The first-order valence-corrected chi connectivity index (χ1v) is 6.74. The zero-order chi connectivity index (χ0) is 9.07. The minimum atomic E-state index is 0.806. The molecule has 0 aliphatic heterocycles. The molecule has 2 heteroatoms. The minimum Gasteiger partial charge on any atom is -0.161 e. The monoisotopic (exact) mass is 208 g/mol. The Morgan fingerprint density at radius 1 is 0.917 bits per heavy atom. The molecule has 0 N–H and O–H groups in total. The third-order valence-electron chi connectivity index (χ3n) is 1.86. The van der Waals surface area contributed by atoms with Crippen molar-refractivity contribution in [1.29, 1.82) is 0 Å². The molecule has 0 aliphatic rings. The second-order valence-corrected chi connectivity index (χ2v) is 4.67. The quantitative estimate of drug-likeness (QED) is 0.402. The lowest BCUT2D eigenvalue weighted by Gasteiger charge is -1.99. The van der Waals surface area contributed by atoms with Crippen molar-refractivity contribution in [2.24, 2.45) is 0 Å². The highest BCUT2D eigenvalue weighted by Crippen LogP contribution is 2.09. The van der Waals surface area contributed by atoms with Gasteiger partial charge < -0.3 is 0 Å². The van der Waals surface area contributed by atoms with Gasteiger partial charge in [-0.2, -0.15) is 11.8 Å². The van der Waals surface area contributed by atoms with Crippen LogP contribution in [0.1, 0.15) is 45.4 Å². The summed E-state index contributed by atoms with van der Waals surface area (Å²) in [5.74, 6) is 3.23. The molecule has 0 unspecified atom stereocenters. The minimum absolute atomic E-state index is 0.806. The molecule has 12 heavy (non-hydrogen) atoms. The predicted octanol–water partition coefficient (Wildman–Crippen LogP) is 4.32. The summed E-state index contributed by atoms with van der Waals surface area (Å²) in [6.07, 6.45) is 8.41. The maximum Gasteiger partial charge on any atom is 0.0314 e. The largest absolute Gasteiger partial charge is 0.161 e. The van der Waals surface area contributed by atoms with E-state index < -0.39 is 0 Å². The van der Waals surface area contributed by atoms with Gasteiger partial charge in [-0.15, -0.1) is 11.6 Å². The van der Waals surface area contributed by atoms with Crippen LogP contribution in [0.15, 0.2) is 0 Å². The molecule has 0 nitrogen and oxygen atoms in total. The van der Waals surface area contributed by atoms with Gasteiger partial charge in [0.05, 0.1) is 0 Å². The molecule has 0 saturated carbocycles. The fourth-order valence-corrected chi connectivity index (χ4v) is 2.19. The van der Waals surface area contributed by atoms with Crippen molar-refractivity contribution in [3.63, 3.8) is 0 Å². The number of unbranched alkanes of at least 4 members (excludes halogenated alkanes) is 5. The van der Waals surface area contributed by atoms with Gasteiger partial charge in [0, 0.05) is 11.6 Å². The highest BCUT2D eigenvalue weighted by molar-refractivity contribution is 7.99. The predicted molar refractivity (Wildman–Crippen MR) is 61.4 cm³/mol. The van der Waals surface area contributed by atoms with Crippen molar-refractivity contribution in [2.45, 2.75) is 45.4 Å². The summed E-state index contributed by atoms with van der Waals surface area (Å²) in [5.41, 5.74) is 0. The van der Waals surface area contributed by atoms with Crippen LogP contribution in [0.5, 0.6) is 0 Å². The van der Waals surface area contributed by atoms with Crippen LogP contribution in [-0.2, 0) is 0 Å². The first kappa shape index (κ1) is 12.6. The Kier molecular flexibility index (Phi) is 12.3. The summed E-state index contributed by atoms with van der Waals surface area (Å²) in [6, 6.07) is 0. The molecule has 0 aromatic rings. The molecule has 0 aromatic heterocycles. The molecule has 0 saturated heterocycles. The maximum absolute atomic E-state index is 5.56. The van der Waals surface area contributed by atoms with Crippen molar-refractivity contribution in [2.75, 3.05) is 17.4 Å². The van der Waals surface area contributed by atoms with Gasteiger partial charge >= 0.3 is 0 Å². The lowest BCUT2D eigenvalue weighted by Crippen LogP contribution is -1.85. The third kappa shape index (κ3) is 10.6. The van der Waals surface area contributed by atoms with Crippen LogP contribution >= 0.6 is 23.4 Å². The fourth-order valence-electron chi connectivity index (χ4n) is 1.14. The first-order valence-electron chi connectivity index (χ1n) is 5.05. The average Bonchev–Trinajstić information content (AvgIpc) is 2.10. The Morgan fingerprint density at radius 2 is 1.58 bits per heavy atom. The summed E-state index contributed by atoms with van der Waals surface area (Å²) in [7, 11) is 0. The summed E-state index contributed by atoms with van der Waals surface area (Å²) >= 11 is 7.55. The van der Waals surface area contributed by atoms with Crippen LogP contribution in [0.4, 0.5) is 0 Å². The first-order chi connectivity index (χ1) is 5.91. The number of rotatable bonds is 9. The van der Waals surface area contributed by atoms with Crippen LogP contribution in [0.2, 0.25) is 0 Å². The van der Waals surface area contributed by atoms with Gasteiger partial charge in [-0.1, -0.05) is 39.0 Å². The Balaban J connectivity index is 2.73. The van der Waals surface area contributed by atoms with Gasteiger partial charge in [-0.3, -0.25) is 0 Å². The molecular formula is C10H21ClS. The highest BCUT2D eigenvalue weighted by atomic mass is 35.5. The topological polar surface area (TPSA) is 0 Å². The van der Waals surface area contributed by atoms with E-state index in [2.05, 4.69) is 6.92 Å². The van der Waals surface area contributed by atoms with E-state index >= 15 is 0 Å². The number of alkyl halides is 1. The summed E-state index contributed by atoms with van der Waals surface area (Å²) in [5, 5.41) is 0. The van der Waals surface area contributed by atoms with Gasteiger partial charge in [0.2, 0.25) is 0 Å². The summed E-state index contributed by atoms with van der Waals surface area (Å²) in [6.45, 7) is 2.26. The van der Waals surface area contributed by atoms with E-state index in [9.17, 15) is 0 Å². The van der Waals surface area contributed by atoms with Crippen molar-refractivity contribution in [3.05, 3.63) is 0 Å². The molecule has 0 rings (SSSR count). The molecule has 0 aromatic carbocycles. The summed E-state index contributed by atoms with van der Waals surface area (Å²) < 4.78 is 0. The smallest absolute Gasteiger partial charge is 0.0314 e. The van der Waals surface area contributed by atoms with Gasteiger partial charge in [-0.05, 0) is 12.2 Å². The maximum atomic E-state index is 5.56. The molecule has 0 aliphatic carbocycles. The number of hydrogen-bond acceptors (Lipinski definition) is 1. The fraction of sp³-hybridized carbons (Fsp3) is 1.00. The van der Waals surface area contributed by atoms with E-state index in [0.717, 1.165) is 11.6 Å². The lowest BCUT2D eigenvalue weighted by atomic mass is 10.1. The van der Waals surface area contributed by atoms with E-state index in [4.69, 9.17) is 11.6 Å². The zero-order valence-corrected chi connectivity index (χ0v) is 9.72. The zero-order valence-electron chi connectivity index (χ0n) is 8.15. The van der Waals surface area contributed by atoms with Gasteiger partial charge in [-0.25, -0.2) is 0 Å². The Bertz CT molecular complexity index is 66.2. The van der Waals surface area contributed by atoms with E-state index in [1.165, 1.54) is 44.3 Å². The molecule has 0 heterocycles. The average molecular weight is 209 g/mol. The normalized spacial score (nSPS) is 10.5. The van der Waals surface area contributed by atoms with Crippen LogP contribution in [0.25, 0.3) is 0 Å². The van der Waals surface area contributed by atoms with E-state index in [1.54, 1.807) is 0 Å². The molecular weight excluding hydrogens is 188 g/mol. The van der Waals surface area contributed by atoms with Crippen LogP contribution < -0.4 is 0 Å². The Labute approximate surface area is 86.5 Å². The number of halogens is 1. The van der Waals surface area contributed by atoms with Crippen molar-refractivity contribution in [1.82, 2.24) is 0 Å². The molecule has 74 valence electrons. The van der Waals surface area contributed by atoms with Crippen LogP contribution in [-0.4, -0.2) is 17.4 Å². The SMILES string of the molecule is CCCCCCCCSCCCl. The molecule has 0 spiro atoms. The third-order valence-corrected chi connectivity index (χ3v) is 3.35. The van der Waals surface area contributed by atoms with Gasteiger partial charge in [0.15, 0.2) is 0 Å². The van der Waals surface area contributed by atoms with Crippen molar-refractivity contribution >= 4 is 23.4 Å². The highest BCUT2D eigenvalue weighted by Gasteiger charge is 1.90. The molecule has 0 amide bonds. The van der Waals surface area contributed by atoms with Crippen LogP contribution in [0.3, 0.4) is 0 Å². The van der Waals surface area contributed by atoms with Crippen molar-refractivity contribution < 1.29 is 0 Å². The van der Waals surface area contributed by atoms with Gasteiger partial charge in [0.25, 0.3) is 0 Å². The van der Waals surface area contributed by atoms with Crippen LogP contribution in [0, 0.1) is 0 Å². The van der Waals surface area contributed by atoms with Gasteiger partial charge in [0.1, 0.15) is 0 Å². The molecule has 0 fully saturated rings.